The minimum absolute atomic E-state index is 0.154. The van der Waals surface area contributed by atoms with Crippen LogP contribution in [0.1, 0.15) is 19.4 Å². The Morgan fingerprint density at radius 2 is 1.67 bits per heavy atom. The van der Waals surface area contributed by atoms with Crippen molar-refractivity contribution in [3.8, 4) is 0 Å². The molecule has 0 bridgehead atoms. The lowest BCUT2D eigenvalue weighted by atomic mass is 8.81. The van der Waals surface area contributed by atoms with Gasteiger partial charge in [0.25, 0.3) is 0 Å². The van der Waals surface area contributed by atoms with Crippen molar-refractivity contribution in [1.29, 1.82) is 0 Å². The molecule has 10 heteroatoms. The van der Waals surface area contributed by atoms with Gasteiger partial charge in [-0.2, -0.15) is 0 Å². The lowest BCUT2D eigenvalue weighted by Crippen LogP contribution is -2.38. The monoisotopic (exact) mass is 356 g/mol. The maximum Gasteiger partial charge on any atom is 0.313 e. The number of aliphatic carboxylic acids is 1. The van der Waals surface area contributed by atoms with Gasteiger partial charge in [0.2, 0.25) is 0 Å². The zero-order valence-corrected chi connectivity index (χ0v) is 14.7. The van der Waals surface area contributed by atoms with E-state index in [4.69, 9.17) is 36.1 Å². The third-order valence-electron chi connectivity index (χ3n) is 1.89. The fourth-order valence-electron chi connectivity index (χ4n) is 0.864. The minimum Gasteiger partial charge on any atom is -0.481 e. The van der Waals surface area contributed by atoms with Gasteiger partial charge in [-0.25, -0.2) is 0 Å². The summed E-state index contributed by atoms with van der Waals surface area (Å²) < 4.78 is 1.04. The Morgan fingerprint density at radius 1 is 1.19 bits per heavy atom. The van der Waals surface area contributed by atoms with E-state index < -0.39 is 18.7 Å². The molecule has 0 aromatic heterocycles. The van der Waals surface area contributed by atoms with E-state index in [2.05, 4.69) is 15.9 Å². The van der Waals surface area contributed by atoms with Gasteiger partial charge in [-0.3, -0.25) is 4.79 Å². The standard InChI is InChI=1S/C9H9BrO2S.C2H6.B6/c10-8-4-2-1-3-7(8)5-13-6-9(11)12;1-2;1-5(2)6(3)4/h1-4H,5-6H2,(H,11,12);1-2H3;. The van der Waals surface area contributed by atoms with Crippen LogP contribution < -0.4 is 0 Å². The smallest absolute Gasteiger partial charge is 0.313 e. The number of carboxylic acid groups (broad SMARTS) is 1. The number of rotatable bonds is 5. The Bertz CT molecular complexity index is 389. The fourth-order valence-corrected chi connectivity index (χ4v) is 2.22. The van der Waals surface area contributed by atoms with Crippen LogP contribution in [0.2, 0.25) is 0 Å². The van der Waals surface area contributed by atoms with Crippen molar-refractivity contribution in [2.75, 3.05) is 5.75 Å². The molecule has 1 rings (SSSR count). The lowest BCUT2D eigenvalue weighted by molar-refractivity contribution is -0.133. The molecule has 0 unspecified atom stereocenters. The molecular formula is C11H15B6BrO2S. The molecule has 102 valence electrons. The Labute approximate surface area is 146 Å². The first-order valence-electron chi connectivity index (χ1n) is 6.40. The van der Waals surface area contributed by atoms with Crippen LogP contribution in [-0.4, -0.2) is 60.5 Å². The molecule has 21 heavy (non-hydrogen) atoms. The Morgan fingerprint density at radius 3 is 2.05 bits per heavy atom. The van der Waals surface area contributed by atoms with Gasteiger partial charge in [0, 0.05) is 53.9 Å². The highest BCUT2D eigenvalue weighted by molar-refractivity contribution is 9.10. The molecule has 0 aliphatic carbocycles. The number of carbonyl (C=O) groups is 1. The Kier molecular flexibility index (Phi) is 16.4. The van der Waals surface area contributed by atoms with E-state index in [1.165, 1.54) is 11.8 Å². The van der Waals surface area contributed by atoms with E-state index in [9.17, 15) is 4.79 Å². The van der Waals surface area contributed by atoms with Gasteiger partial charge in [0.15, 0.2) is 0 Å². The summed E-state index contributed by atoms with van der Waals surface area (Å²) in [5.41, 5.74) is 1.13. The second-order valence-corrected chi connectivity index (χ2v) is 5.47. The highest BCUT2D eigenvalue weighted by Crippen LogP contribution is 2.20. The first-order chi connectivity index (χ1) is 9.84. The van der Waals surface area contributed by atoms with Crippen molar-refractivity contribution in [3.05, 3.63) is 34.3 Å². The van der Waals surface area contributed by atoms with Gasteiger partial charge in [-0.05, 0) is 11.6 Å². The summed E-state index contributed by atoms with van der Waals surface area (Å²) in [5, 5.41) is 8.43. The van der Waals surface area contributed by atoms with E-state index in [0.29, 0.717) is 0 Å². The van der Waals surface area contributed by atoms with Crippen LogP contribution in [0.15, 0.2) is 28.7 Å². The summed E-state index contributed by atoms with van der Waals surface area (Å²) in [6, 6.07) is 7.83. The van der Waals surface area contributed by atoms with E-state index in [1.807, 2.05) is 38.1 Å². The summed E-state index contributed by atoms with van der Waals surface area (Å²) >= 11 is 4.80. The first-order valence-corrected chi connectivity index (χ1v) is 8.34. The molecule has 0 aliphatic rings. The van der Waals surface area contributed by atoms with Crippen molar-refractivity contribution in [1.82, 2.24) is 0 Å². The van der Waals surface area contributed by atoms with Crippen molar-refractivity contribution in [3.63, 3.8) is 0 Å². The molecule has 0 saturated carbocycles. The van der Waals surface area contributed by atoms with Crippen LogP contribution in [0.3, 0.4) is 0 Å². The summed E-state index contributed by atoms with van der Waals surface area (Å²) in [6.45, 7) is 4.00. The van der Waals surface area contributed by atoms with Gasteiger partial charge >= 0.3 is 5.97 Å². The van der Waals surface area contributed by atoms with Crippen molar-refractivity contribution >= 4 is 77.4 Å². The maximum atomic E-state index is 10.2. The van der Waals surface area contributed by atoms with Crippen LogP contribution in [0, 0.1) is 0 Å². The molecule has 8 radical (unpaired) electrons. The predicted molar refractivity (Wildman–Crippen MR) is 104 cm³/mol. The van der Waals surface area contributed by atoms with Crippen molar-refractivity contribution in [2.24, 2.45) is 0 Å². The highest BCUT2D eigenvalue weighted by atomic mass is 79.9. The van der Waals surface area contributed by atoms with Crippen LogP contribution in [0.5, 0.6) is 0 Å². The SMILES string of the molecule is CC.O=C(O)CSCc1ccccc1Br.[B]B([B])B([B])[B]. The van der Waals surface area contributed by atoms with Crippen LogP contribution in [0.25, 0.3) is 0 Å². The largest absolute Gasteiger partial charge is 0.481 e. The number of hydrogen-bond donors (Lipinski definition) is 1. The average molecular weight is 356 g/mol. The molecule has 0 spiro atoms. The Hall–Kier alpha value is -0.0904. The van der Waals surface area contributed by atoms with Gasteiger partial charge in [-0.1, -0.05) is 48.0 Å². The van der Waals surface area contributed by atoms with E-state index >= 15 is 0 Å². The third kappa shape index (κ3) is 14.6. The quantitative estimate of drug-likeness (QED) is 0.813. The fraction of sp³-hybridized carbons (Fsp3) is 0.364. The summed E-state index contributed by atoms with van der Waals surface area (Å²) in [4.78, 5) is 10.2. The lowest BCUT2D eigenvalue weighted by Gasteiger charge is -2.01. The van der Waals surface area contributed by atoms with E-state index in [0.717, 1.165) is 15.8 Å². The Balaban J connectivity index is 0. The number of halogens is 1. The normalized spacial score (nSPS) is 8.52. The molecule has 0 heterocycles. The maximum absolute atomic E-state index is 10.2. The number of benzene rings is 1. The van der Waals surface area contributed by atoms with Crippen LogP contribution >= 0.6 is 27.7 Å². The molecule has 1 aromatic rings. The number of thioether (sulfide) groups is 1. The highest BCUT2D eigenvalue weighted by Gasteiger charge is 2.01. The second kappa shape index (κ2) is 14.8. The van der Waals surface area contributed by atoms with Crippen LogP contribution in [-0.2, 0) is 10.5 Å². The predicted octanol–water partition coefficient (Wildman–Crippen LogP) is 1.51. The number of hydrogen-bond acceptors (Lipinski definition) is 2. The van der Waals surface area contributed by atoms with Gasteiger partial charge in [0.05, 0.1) is 5.75 Å². The molecule has 1 aromatic carbocycles. The van der Waals surface area contributed by atoms with Gasteiger partial charge < -0.3 is 5.11 Å². The minimum atomic E-state index is -0.767. The molecule has 1 N–H and O–H groups in total. The molecule has 0 amide bonds. The second-order valence-electron chi connectivity index (χ2n) is 3.63. The third-order valence-corrected chi connectivity index (χ3v) is 3.63. The van der Waals surface area contributed by atoms with Crippen molar-refractivity contribution < 1.29 is 9.90 Å². The van der Waals surface area contributed by atoms with E-state index in [1.54, 1.807) is 0 Å². The average Bonchev–Trinajstić information content (AvgIpc) is 2.43. The number of carboxylic acids is 1. The summed E-state index contributed by atoms with van der Waals surface area (Å²) in [5.74, 6) is 0.117. The zero-order valence-electron chi connectivity index (χ0n) is 12.3. The molecule has 0 saturated heterocycles. The zero-order chi connectivity index (χ0) is 16.8. The topological polar surface area (TPSA) is 37.3 Å². The molecule has 0 fully saturated rings. The first kappa shape index (κ1) is 23.2. The molecule has 2 nitrogen and oxygen atoms in total. The van der Waals surface area contributed by atoms with Crippen LogP contribution in [0.4, 0.5) is 0 Å². The summed E-state index contributed by atoms with van der Waals surface area (Å²) in [6.07, 6.45) is -1.19. The van der Waals surface area contributed by atoms with Crippen molar-refractivity contribution in [2.45, 2.75) is 19.6 Å². The van der Waals surface area contributed by atoms with E-state index in [-0.39, 0.29) is 5.75 Å². The van der Waals surface area contributed by atoms with Gasteiger partial charge in [-0.15, -0.1) is 11.8 Å². The summed E-state index contributed by atoms with van der Waals surface area (Å²) in [7, 11) is 19.9. The molecular weight excluding hydrogens is 341 g/mol. The van der Waals surface area contributed by atoms with Gasteiger partial charge in [0.1, 0.15) is 0 Å². The molecule has 0 atom stereocenters. The molecule has 0 aliphatic heterocycles.